The number of fused-ring (bicyclic) bond motifs is 1. The number of piperidine rings is 2. The molecule has 446 valence electrons. The van der Waals surface area contributed by atoms with Gasteiger partial charge in [0.2, 0.25) is 17.7 Å². The highest BCUT2D eigenvalue weighted by atomic mass is 19.1. The molecule has 18 nitrogen and oxygen atoms in total. The van der Waals surface area contributed by atoms with Crippen molar-refractivity contribution < 1.29 is 46.7 Å². The van der Waals surface area contributed by atoms with Gasteiger partial charge in [0.15, 0.2) is 0 Å². The van der Waals surface area contributed by atoms with Gasteiger partial charge in [-0.2, -0.15) is 5.10 Å². The second-order valence-corrected chi connectivity index (χ2v) is 24.8. The normalized spacial score (nSPS) is 20.3. The molecule has 0 radical (unpaired) electrons. The summed E-state index contributed by atoms with van der Waals surface area (Å²) >= 11 is 0. The Balaban J connectivity index is 0.673. The van der Waals surface area contributed by atoms with Crippen molar-refractivity contribution in [2.45, 2.75) is 121 Å². The zero-order valence-corrected chi connectivity index (χ0v) is 48.2. The number of rotatable bonds is 15. The Morgan fingerprint density at radius 1 is 0.687 bits per heavy atom. The van der Waals surface area contributed by atoms with Gasteiger partial charge in [0.05, 0.1) is 28.8 Å². The fraction of sp³-hybridized carbons (Fsp3) is 0.581. The Bertz CT molecular complexity index is 3100. The molecule has 2 N–H and O–H groups in total. The van der Waals surface area contributed by atoms with Crippen LogP contribution >= 0.6 is 0 Å². The molecule has 0 spiro atoms. The number of carbonyl (C=O) groups is 6. The molecule has 5 heterocycles. The van der Waals surface area contributed by atoms with Crippen LogP contribution < -0.4 is 10.9 Å². The van der Waals surface area contributed by atoms with Crippen LogP contribution in [0.4, 0.5) is 18.0 Å². The van der Waals surface area contributed by atoms with Crippen molar-refractivity contribution >= 4 is 46.4 Å². The molecule has 0 bridgehead atoms. The molecule has 2 atom stereocenters. The lowest BCUT2D eigenvalue weighted by molar-refractivity contribution is -0.137. The van der Waals surface area contributed by atoms with E-state index in [0.717, 1.165) is 83.5 Å². The highest BCUT2D eigenvalue weighted by Crippen LogP contribution is 2.34. The Morgan fingerprint density at radius 2 is 1.37 bits per heavy atom. The number of H-pyrrole nitrogens is 1. The van der Waals surface area contributed by atoms with Crippen LogP contribution in [0.5, 0.6) is 0 Å². The number of amides is 6. The minimum Gasteiger partial charge on any atom is -0.444 e. The summed E-state index contributed by atoms with van der Waals surface area (Å²) in [6.07, 6.45) is 8.52. The third kappa shape index (κ3) is 14.6. The highest BCUT2D eigenvalue weighted by Gasteiger charge is 2.40. The van der Waals surface area contributed by atoms with Gasteiger partial charge in [0.1, 0.15) is 35.6 Å². The molecular weight excluding hydrogens is 1070 g/mol. The predicted octanol–water partition coefficient (Wildman–Crippen LogP) is 6.56. The van der Waals surface area contributed by atoms with Gasteiger partial charge in [-0.15, -0.1) is 0 Å². The number of hydrogen-bond donors (Lipinski definition) is 2. The molecule has 4 saturated heterocycles. The first-order chi connectivity index (χ1) is 39.8. The van der Waals surface area contributed by atoms with Crippen LogP contribution in [0.3, 0.4) is 0 Å². The summed E-state index contributed by atoms with van der Waals surface area (Å²) in [6, 6.07) is 12.6. The van der Waals surface area contributed by atoms with Crippen LogP contribution in [-0.4, -0.2) is 196 Å². The summed E-state index contributed by atoms with van der Waals surface area (Å²) in [6.45, 7) is 11.9. The van der Waals surface area contributed by atoms with Crippen molar-refractivity contribution in [2.24, 2.45) is 11.8 Å². The Labute approximate surface area is 483 Å². The van der Waals surface area contributed by atoms with Gasteiger partial charge in [-0.25, -0.2) is 23.1 Å². The molecule has 2 saturated carbocycles. The van der Waals surface area contributed by atoms with Crippen LogP contribution in [0.25, 0.3) is 10.8 Å². The molecule has 4 aromatic rings. The number of nitrogens with one attached hydrogen (secondary N) is 2. The van der Waals surface area contributed by atoms with Crippen molar-refractivity contribution in [3.8, 4) is 0 Å². The standard InChI is InChI=1S/C62H79F3N10O8/c1-62(2,3)83-61(82)75(44-16-17-44)39-55(77)74-21-9-12-43(37-74)47-34-48(52(65)35-51(47)64)57(78)66-56(42-10-5-4-6-11-42)60(81)73-26-24-70(25-27-73)36-40-19-22-69(23-20-40)38-54(76)71-28-30-72(31-29-71)59(80)49-32-41(15-18-50(49)63)33-53-45-13-7-8-14-46(45)58(79)68-67-53/h7-8,13-15,18,32,34-35,40,42-44,56H,4-6,9-12,16-17,19-31,33,36-39H2,1-3H3,(H,66,78)(H,68,79)/t43?,56-/m1/s1. The molecule has 10 rings (SSSR count). The van der Waals surface area contributed by atoms with Crippen molar-refractivity contribution in [1.82, 2.24) is 49.8 Å². The van der Waals surface area contributed by atoms with Gasteiger partial charge in [0.25, 0.3) is 17.4 Å². The molecule has 3 aromatic carbocycles. The van der Waals surface area contributed by atoms with E-state index in [4.69, 9.17) is 4.74 Å². The lowest BCUT2D eigenvalue weighted by Crippen LogP contribution is -2.57. The zero-order valence-electron chi connectivity index (χ0n) is 48.2. The molecule has 83 heavy (non-hydrogen) atoms. The lowest BCUT2D eigenvalue weighted by atomic mass is 9.83. The topological polar surface area (TPSA) is 192 Å². The Kier molecular flexibility index (Phi) is 18.5. The number of piperazine rings is 2. The molecular formula is C62H79F3N10O8. The summed E-state index contributed by atoms with van der Waals surface area (Å²) in [5.41, 5.74) is -0.00873. The van der Waals surface area contributed by atoms with E-state index < -0.39 is 52.9 Å². The van der Waals surface area contributed by atoms with Gasteiger partial charge in [0, 0.05) is 102 Å². The minimum atomic E-state index is -1.03. The summed E-state index contributed by atoms with van der Waals surface area (Å²) in [7, 11) is 0. The highest BCUT2D eigenvalue weighted by molar-refractivity contribution is 5.98. The van der Waals surface area contributed by atoms with Crippen LogP contribution in [0, 0.1) is 29.3 Å². The minimum absolute atomic E-state index is 0.00337. The molecule has 6 fully saturated rings. The molecule has 4 aliphatic heterocycles. The van der Waals surface area contributed by atoms with Gasteiger partial charge >= 0.3 is 6.09 Å². The van der Waals surface area contributed by atoms with E-state index in [-0.39, 0.29) is 91.1 Å². The third-order valence-electron chi connectivity index (χ3n) is 17.7. The van der Waals surface area contributed by atoms with E-state index in [1.165, 1.54) is 17.0 Å². The summed E-state index contributed by atoms with van der Waals surface area (Å²) in [5, 5.41) is 10.9. The SMILES string of the molecule is CC(C)(C)OC(=O)N(CC(=O)N1CCCC(c2cc(C(=O)N[C@@H](C(=O)N3CCN(CC4CCN(CC(=O)N5CCN(C(=O)c6cc(Cc7n[nH]c(=O)c8ccccc78)ccc6F)CC5)CC4)CC3)C3CCCCC3)c(F)cc2F)C1)C1CC1. The fourth-order valence-electron chi connectivity index (χ4n) is 12.9. The van der Waals surface area contributed by atoms with Crippen LogP contribution in [0.1, 0.15) is 135 Å². The first-order valence-electron chi connectivity index (χ1n) is 30.0. The second-order valence-electron chi connectivity index (χ2n) is 24.8. The van der Waals surface area contributed by atoms with Gasteiger partial charge in [-0.05, 0) is 132 Å². The van der Waals surface area contributed by atoms with Crippen LogP contribution in [0.2, 0.25) is 0 Å². The second kappa shape index (κ2) is 26.0. The number of halogens is 3. The largest absolute Gasteiger partial charge is 0.444 e. The number of likely N-dealkylation sites (tertiary alicyclic amines) is 2. The van der Waals surface area contributed by atoms with E-state index in [1.54, 1.807) is 64.6 Å². The third-order valence-corrected chi connectivity index (χ3v) is 17.7. The van der Waals surface area contributed by atoms with Gasteiger partial charge in [-0.1, -0.05) is 43.5 Å². The predicted molar refractivity (Wildman–Crippen MR) is 305 cm³/mol. The number of ether oxygens (including phenoxy) is 1. The lowest BCUT2D eigenvalue weighted by Gasteiger charge is -2.41. The number of aromatic nitrogens is 2. The zero-order chi connectivity index (χ0) is 58.5. The van der Waals surface area contributed by atoms with E-state index in [9.17, 15) is 33.6 Å². The van der Waals surface area contributed by atoms with E-state index in [1.807, 2.05) is 12.1 Å². The average Bonchev–Trinajstić information content (AvgIpc) is 4.50. The first-order valence-corrected chi connectivity index (χ1v) is 30.0. The maximum Gasteiger partial charge on any atom is 0.411 e. The maximum absolute atomic E-state index is 15.7. The number of carbonyl (C=O) groups excluding carboxylic acids is 6. The Morgan fingerprint density at radius 3 is 2.07 bits per heavy atom. The van der Waals surface area contributed by atoms with E-state index >= 15 is 13.2 Å². The maximum atomic E-state index is 15.7. The molecule has 21 heteroatoms. The molecule has 1 aromatic heterocycles. The first kappa shape index (κ1) is 59.3. The van der Waals surface area contributed by atoms with Crippen molar-refractivity contribution in [1.29, 1.82) is 0 Å². The smallest absolute Gasteiger partial charge is 0.411 e. The van der Waals surface area contributed by atoms with E-state index in [0.29, 0.717) is 86.6 Å². The number of nitrogens with zero attached hydrogens (tertiary/aromatic N) is 8. The molecule has 1 unspecified atom stereocenters. The number of aromatic amines is 1. The molecule has 6 aliphatic rings. The summed E-state index contributed by atoms with van der Waals surface area (Å²) in [5.74, 6) is -4.41. The quantitative estimate of drug-likeness (QED) is 0.131. The number of benzene rings is 3. The van der Waals surface area contributed by atoms with E-state index in [2.05, 4.69) is 25.3 Å². The van der Waals surface area contributed by atoms with Gasteiger partial charge < -0.3 is 29.7 Å². The van der Waals surface area contributed by atoms with Crippen molar-refractivity contribution in [3.05, 3.63) is 110 Å². The van der Waals surface area contributed by atoms with Crippen molar-refractivity contribution in [3.63, 3.8) is 0 Å². The van der Waals surface area contributed by atoms with Crippen molar-refractivity contribution in [2.75, 3.05) is 98.2 Å². The molecule has 6 amide bonds. The summed E-state index contributed by atoms with van der Waals surface area (Å²) in [4.78, 5) is 108. The van der Waals surface area contributed by atoms with Crippen LogP contribution in [0.15, 0.2) is 59.4 Å². The average molecular weight is 1150 g/mol. The summed E-state index contributed by atoms with van der Waals surface area (Å²) < 4.78 is 52.2. The monoisotopic (exact) mass is 1150 g/mol. The fourth-order valence-corrected chi connectivity index (χ4v) is 12.9. The Hall–Kier alpha value is -6.87. The van der Waals surface area contributed by atoms with Gasteiger partial charge in [-0.3, -0.25) is 43.5 Å². The molecule has 2 aliphatic carbocycles. The van der Waals surface area contributed by atoms with Crippen LogP contribution in [-0.2, 0) is 25.5 Å². The number of hydrogen-bond acceptors (Lipinski definition) is 11.